The third-order valence-electron chi connectivity index (χ3n) is 0.707. The van der Waals surface area contributed by atoms with Gasteiger partial charge in [-0.05, 0) is 13.0 Å². The zero-order chi connectivity index (χ0) is 7.28. The Hall–Kier alpha value is -0.790. The molecule has 0 heterocycles. The number of nitrogens with zero attached hydrogens (tertiary/aromatic N) is 1. The monoisotopic (exact) mass is 129 g/mol. The van der Waals surface area contributed by atoms with Crippen molar-refractivity contribution in [3.8, 4) is 0 Å². The maximum absolute atomic E-state index is 12.4. The molecule has 0 spiro atoms. The van der Waals surface area contributed by atoms with Gasteiger partial charge in [0.2, 0.25) is 0 Å². The molecule has 0 bridgehead atoms. The molecule has 0 radical (unpaired) electrons. The van der Waals surface area contributed by atoms with Crippen LogP contribution in [0.2, 0.25) is 0 Å². The molecule has 0 atom stereocenters. The van der Waals surface area contributed by atoms with E-state index >= 15 is 0 Å². The molecular formula is C7H12FN. The van der Waals surface area contributed by atoms with Gasteiger partial charge >= 0.3 is 0 Å². The normalized spacial score (nSPS) is 12.7. The van der Waals surface area contributed by atoms with Crippen molar-refractivity contribution in [3.63, 3.8) is 0 Å². The molecule has 0 aliphatic heterocycles. The van der Waals surface area contributed by atoms with Gasteiger partial charge in [0.05, 0.1) is 0 Å². The molecule has 0 saturated heterocycles. The third kappa shape index (κ3) is 5.07. The number of rotatable bonds is 2. The molecule has 0 unspecified atom stereocenters. The summed E-state index contributed by atoms with van der Waals surface area (Å²) < 4.78 is 12.4. The number of halogens is 1. The van der Waals surface area contributed by atoms with Gasteiger partial charge in [0.25, 0.3) is 0 Å². The van der Waals surface area contributed by atoms with Crippen LogP contribution >= 0.6 is 0 Å². The van der Waals surface area contributed by atoms with Crippen LogP contribution < -0.4 is 0 Å². The van der Waals surface area contributed by atoms with Crippen LogP contribution in [0.25, 0.3) is 0 Å². The molecule has 52 valence electrons. The lowest BCUT2D eigenvalue weighted by atomic mass is 10.5. The minimum absolute atomic E-state index is 0.220. The van der Waals surface area contributed by atoms with E-state index < -0.39 is 0 Å². The molecule has 0 saturated carbocycles. The van der Waals surface area contributed by atoms with Crippen molar-refractivity contribution in [2.45, 2.75) is 6.92 Å². The summed E-state index contributed by atoms with van der Waals surface area (Å²) in [6.45, 7) is 1.78. The highest BCUT2D eigenvalue weighted by atomic mass is 19.1. The lowest BCUT2D eigenvalue weighted by molar-refractivity contribution is 0.529. The molecule has 0 aliphatic rings. The fourth-order valence-electron chi connectivity index (χ4n) is 0.449. The first-order chi connectivity index (χ1) is 4.16. The van der Waals surface area contributed by atoms with Gasteiger partial charge in [0, 0.05) is 20.3 Å². The maximum atomic E-state index is 12.4. The minimum Gasteiger partial charge on any atom is -0.381 e. The standard InChI is InChI=1S/C7H12FN/c1-4-5-7(8)6-9(2)3/h4-6H,1-3H3/b5-4-,7-6+. The average Bonchev–Trinajstić information content (AvgIpc) is 1.63. The predicted molar refractivity (Wildman–Crippen MR) is 37.7 cm³/mol. The van der Waals surface area contributed by atoms with Crippen LogP contribution in [0.1, 0.15) is 6.92 Å². The summed E-state index contributed by atoms with van der Waals surface area (Å²) in [5.74, 6) is -0.220. The number of hydrogen-bond acceptors (Lipinski definition) is 1. The second-order valence-electron chi connectivity index (χ2n) is 1.98. The Kier molecular flexibility index (Phi) is 3.76. The summed E-state index contributed by atoms with van der Waals surface area (Å²) >= 11 is 0. The van der Waals surface area contributed by atoms with Crippen LogP contribution in [0.3, 0.4) is 0 Å². The van der Waals surface area contributed by atoms with Crippen molar-refractivity contribution in [2.24, 2.45) is 0 Å². The van der Waals surface area contributed by atoms with Crippen LogP contribution in [0, 0.1) is 0 Å². The molecule has 0 aromatic rings. The van der Waals surface area contributed by atoms with Crippen LogP contribution in [0.5, 0.6) is 0 Å². The van der Waals surface area contributed by atoms with Crippen molar-refractivity contribution in [2.75, 3.05) is 14.1 Å². The van der Waals surface area contributed by atoms with Gasteiger partial charge in [-0.25, -0.2) is 4.39 Å². The van der Waals surface area contributed by atoms with Crippen molar-refractivity contribution in [1.29, 1.82) is 0 Å². The molecule has 0 aromatic carbocycles. The highest BCUT2D eigenvalue weighted by Crippen LogP contribution is 1.97. The Morgan fingerprint density at radius 2 is 2.00 bits per heavy atom. The van der Waals surface area contributed by atoms with Gasteiger partial charge in [-0.2, -0.15) is 0 Å². The van der Waals surface area contributed by atoms with Crippen molar-refractivity contribution in [3.05, 3.63) is 24.2 Å². The Labute approximate surface area is 55.5 Å². The minimum atomic E-state index is -0.220. The highest BCUT2D eigenvalue weighted by Gasteiger charge is 1.84. The molecule has 9 heavy (non-hydrogen) atoms. The first-order valence-electron chi connectivity index (χ1n) is 2.83. The first kappa shape index (κ1) is 8.21. The SMILES string of the molecule is C/C=C\C(F)=C/N(C)C. The number of hydrogen-bond donors (Lipinski definition) is 0. The van der Waals surface area contributed by atoms with E-state index in [0.717, 1.165) is 0 Å². The van der Waals surface area contributed by atoms with E-state index in [0.29, 0.717) is 0 Å². The molecular weight excluding hydrogens is 117 g/mol. The van der Waals surface area contributed by atoms with Crippen LogP contribution in [0.15, 0.2) is 24.2 Å². The van der Waals surface area contributed by atoms with E-state index in [9.17, 15) is 4.39 Å². The topological polar surface area (TPSA) is 3.24 Å². The molecule has 0 aliphatic carbocycles. The number of allylic oxidation sites excluding steroid dienone is 3. The van der Waals surface area contributed by atoms with Gasteiger partial charge in [-0.3, -0.25) is 0 Å². The lowest BCUT2D eigenvalue weighted by Gasteiger charge is -2.02. The summed E-state index contributed by atoms with van der Waals surface area (Å²) in [7, 11) is 3.56. The Morgan fingerprint density at radius 3 is 2.33 bits per heavy atom. The Balaban J connectivity index is 3.84. The fourth-order valence-corrected chi connectivity index (χ4v) is 0.449. The van der Waals surface area contributed by atoms with Gasteiger partial charge in [0.1, 0.15) is 5.83 Å². The summed E-state index contributed by atoms with van der Waals surface area (Å²) in [5.41, 5.74) is 0. The molecule has 1 nitrogen and oxygen atoms in total. The quantitative estimate of drug-likeness (QED) is 0.515. The molecule has 0 rings (SSSR count). The highest BCUT2D eigenvalue weighted by molar-refractivity contribution is 5.08. The van der Waals surface area contributed by atoms with Crippen LogP contribution in [-0.4, -0.2) is 19.0 Å². The largest absolute Gasteiger partial charge is 0.381 e. The van der Waals surface area contributed by atoms with Crippen molar-refractivity contribution in [1.82, 2.24) is 4.90 Å². The summed E-state index contributed by atoms with van der Waals surface area (Å²) in [6, 6.07) is 0. The molecule has 0 amide bonds. The predicted octanol–water partition coefficient (Wildman–Crippen LogP) is 1.94. The van der Waals surface area contributed by atoms with Gasteiger partial charge in [-0.1, -0.05) is 6.08 Å². The van der Waals surface area contributed by atoms with Crippen LogP contribution in [-0.2, 0) is 0 Å². The molecule has 2 heteroatoms. The summed E-state index contributed by atoms with van der Waals surface area (Å²) in [6.07, 6.45) is 4.50. The van der Waals surface area contributed by atoms with Crippen LogP contribution in [0.4, 0.5) is 4.39 Å². The Morgan fingerprint density at radius 1 is 1.44 bits per heavy atom. The van der Waals surface area contributed by atoms with E-state index in [2.05, 4.69) is 0 Å². The third-order valence-corrected chi connectivity index (χ3v) is 0.707. The van der Waals surface area contributed by atoms with Crippen molar-refractivity contribution < 1.29 is 4.39 Å². The van der Waals surface area contributed by atoms with Gasteiger partial charge in [0.15, 0.2) is 0 Å². The molecule has 0 fully saturated rings. The molecule has 0 aromatic heterocycles. The van der Waals surface area contributed by atoms with Gasteiger partial charge in [-0.15, -0.1) is 0 Å². The second kappa shape index (κ2) is 4.13. The van der Waals surface area contributed by atoms with E-state index in [1.807, 2.05) is 0 Å². The zero-order valence-electron chi connectivity index (χ0n) is 6.06. The van der Waals surface area contributed by atoms with E-state index in [1.165, 1.54) is 12.3 Å². The zero-order valence-corrected chi connectivity index (χ0v) is 6.06. The summed E-state index contributed by atoms with van der Waals surface area (Å²) in [4.78, 5) is 1.66. The maximum Gasteiger partial charge on any atom is 0.138 e. The smallest absolute Gasteiger partial charge is 0.138 e. The van der Waals surface area contributed by atoms with E-state index in [-0.39, 0.29) is 5.83 Å². The van der Waals surface area contributed by atoms with E-state index in [1.54, 1.807) is 32.0 Å². The Bertz CT molecular complexity index is 125. The second-order valence-corrected chi connectivity index (χ2v) is 1.98. The van der Waals surface area contributed by atoms with Crippen molar-refractivity contribution >= 4 is 0 Å². The summed E-state index contributed by atoms with van der Waals surface area (Å²) in [5, 5.41) is 0. The van der Waals surface area contributed by atoms with E-state index in [4.69, 9.17) is 0 Å². The average molecular weight is 129 g/mol. The lowest BCUT2D eigenvalue weighted by Crippen LogP contribution is -2.00. The fraction of sp³-hybridized carbons (Fsp3) is 0.429. The van der Waals surface area contributed by atoms with Gasteiger partial charge < -0.3 is 4.90 Å². The first-order valence-corrected chi connectivity index (χ1v) is 2.83. The molecule has 0 N–H and O–H groups in total.